The molecule has 0 aliphatic heterocycles. The molecule has 0 N–H and O–H groups in total. The van der Waals surface area contributed by atoms with Gasteiger partial charge in [-0.05, 0) is 37.3 Å². The van der Waals surface area contributed by atoms with Gasteiger partial charge in [-0.2, -0.15) is 0 Å². The first-order chi connectivity index (χ1) is 7.24. The van der Waals surface area contributed by atoms with Crippen LogP contribution in [0.1, 0.15) is 24.0 Å². The van der Waals surface area contributed by atoms with Crippen LogP contribution < -0.4 is 4.74 Å². The number of rotatable bonds is 2. The van der Waals surface area contributed by atoms with Crippen molar-refractivity contribution >= 4 is 5.69 Å². The highest BCUT2D eigenvalue weighted by Crippen LogP contribution is 2.36. The molecule has 1 aliphatic rings. The number of aryl methyl sites for hydroxylation is 1. The Morgan fingerprint density at radius 1 is 1.33 bits per heavy atom. The molecule has 0 radical (unpaired) electrons. The van der Waals surface area contributed by atoms with E-state index >= 15 is 0 Å². The molecule has 0 saturated carbocycles. The summed E-state index contributed by atoms with van der Waals surface area (Å²) >= 11 is 0. The summed E-state index contributed by atoms with van der Waals surface area (Å²) in [6.07, 6.45) is 3.89. The lowest BCUT2D eigenvalue weighted by Gasteiger charge is -2.16. The van der Waals surface area contributed by atoms with Crippen LogP contribution in [0.4, 0.5) is 5.69 Å². The fourth-order valence-corrected chi connectivity index (χ4v) is 2.15. The molecule has 4 heteroatoms. The van der Waals surface area contributed by atoms with Gasteiger partial charge in [-0.3, -0.25) is 10.1 Å². The maximum absolute atomic E-state index is 11.0. The van der Waals surface area contributed by atoms with E-state index in [1.807, 2.05) is 6.07 Å². The van der Waals surface area contributed by atoms with Crippen molar-refractivity contribution in [2.45, 2.75) is 25.7 Å². The lowest BCUT2D eigenvalue weighted by atomic mass is 9.90. The maximum atomic E-state index is 11.0. The fourth-order valence-electron chi connectivity index (χ4n) is 2.15. The first-order valence-electron chi connectivity index (χ1n) is 5.07. The number of nitro benzene ring substituents is 1. The van der Waals surface area contributed by atoms with Crippen LogP contribution >= 0.6 is 0 Å². The van der Waals surface area contributed by atoms with E-state index < -0.39 is 0 Å². The van der Waals surface area contributed by atoms with Crippen molar-refractivity contribution in [1.29, 1.82) is 0 Å². The van der Waals surface area contributed by atoms with Gasteiger partial charge in [0.25, 0.3) is 0 Å². The van der Waals surface area contributed by atoms with Crippen LogP contribution in [0.15, 0.2) is 12.1 Å². The number of nitro groups is 1. The van der Waals surface area contributed by atoms with Crippen LogP contribution in [0.5, 0.6) is 5.75 Å². The zero-order valence-electron chi connectivity index (χ0n) is 8.66. The van der Waals surface area contributed by atoms with Crippen molar-refractivity contribution in [2.24, 2.45) is 0 Å². The van der Waals surface area contributed by atoms with Gasteiger partial charge < -0.3 is 4.74 Å². The minimum absolute atomic E-state index is 0.162. The highest BCUT2D eigenvalue weighted by molar-refractivity contribution is 5.57. The Hall–Kier alpha value is -1.58. The molecule has 2 rings (SSSR count). The number of ether oxygens (including phenoxy) is 1. The lowest BCUT2D eigenvalue weighted by molar-refractivity contribution is -0.386. The monoisotopic (exact) mass is 207 g/mol. The first kappa shape index (κ1) is 9.96. The van der Waals surface area contributed by atoms with Crippen LogP contribution in [-0.2, 0) is 12.8 Å². The van der Waals surface area contributed by atoms with E-state index in [2.05, 4.69) is 0 Å². The van der Waals surface area contributed by atoms with Gasteiger partial charge in [0.05, 0.1) is 12.0 Å². The molecular weight excluding hydrogens is 194 g/mol. The van der Waals surface area contributed by atoms with Crippen molar-refractivity contribution in [3.05, 3.63) is 33.4 Å². The average molecular weight is 207 g/mol. The Bertz CT molecular complexity index is 401. The Morgan fingerprint density at radius 2 is 2.07 bits per heavy atom. The molecule has 1 aliphatic carbocycles. The van der Waals surface area contributed by atoms with Crippen molar-refractivity contribution in [3.63, 3.8) is 0 Å². The molecule has 0 aromatic heterocycles. The van der Waals surface area contributed by atoms with Gasteiger partial charge in [-0.1, -0.05) is 6.07 Å². The van der Waals surface area contributed by atoms with E-state index in [1.165, 1.54) is 7.11 Å². The third-order valence-corrected chi connectivity index (χ3v) is 2.87. The lowest BCUT2D eigenvalue weighted by Crippen LogP contribution is -2.07. The number of benzene rings is 1. The van der Waals surface area contributed by atoms with Crippen LogP contribution in [0.2, 0.25) is 0 Å². The molecular formula is C11H13NO3. The number of nitrogens with zero attached hydrogens (tertiary/aromatic N) is 1. The van der Waals surface area contributed by atoms with Crippen LogP contribution in [0.25, 0.3) is 0 Å². The van der Waals surface area contributed by atoms with E-state index in [-0.39, 0.29) is 10.6 Å². The predicted octanol–water partition coefficient (Wildman–Crippen LogP) is 2.48. The Morgan fingerprint density at radius 3 is 2.73 bits per heavy atom. The highest BCUT2D eigenvalue weighted by atomic mass is 16.6. The van der Waals surface area contributed by atoms with Crippen LogP contribution in [0, 0.1) is 10.1 Å². The molecule has 0 atom stereocenters. The SMILES string of the molecule is COc1ccc2c(c1[N+](=O)[O-])CCCC2. The summed E-state index contributed by atoms with van der Waals surface area (Å²) in [5, 5.41) is 11.0. The molecule has 0 saturated heterocycles. The van der Waals surface area contributed by atoms with Gasteiger partial charge in [0.15, 0.2) is 5.75 Å². The number of fused-ring (bicyclic) bond motifs is 1. The van der Waals surface area contributed by atoms with Crippen molar-refractivity contribution < 1.29 is 9.66 Å². The zero-order valence-corrected chi connectivity index (χ0v) is 8.66. The maximum Gasteiger partial charge on any atom is 0.314 e. The summed E-state index contributed by atoms with van der Waals surface area (Å²) in [5.41, 5.74) is 2.13. The van der Waals surface area contributed by atoms with Gasteiger partial charge in [0.1, 0.15) is 0 Å². The Labute approximate surface area is 88.0 Å². The fraction of sp³-hybridized carbons (Fsp3) is 0.455. The molecule has 0 amide bonds. The predicted molar refractivity (Wildman–Crippen MR) is 56.3 cm³/mol. The van der Waals surface area contributed by atoms with E-state index in [4.69, 9.17) is 4.74 Å². The molecule has 0 unspecified atom stereocenters. The Balaban J connectivity index is 2.59. The largest absolute Gasteiger partial charge is 0.490 e. The second-order valence-corrected chi connectivity index (χ2v) is 3.72. The van der Waals surface area contributed by atoms with E-state index in [0.717, 1.165) is 36.8 Å². The summed E-state index contributed by atoms with van der Waals surface area (Å²) in [6, 6.07) is 3.64. The second kappa shape index (κ2) is 3.88. The minimum Gasteiger partial charge on any atom is -0.490 e. The first-order valence-corrected chi connectivity index (χ1v) is 5.07. The van der Waals surface area contributed by atoms with Gasteiger partial charge in [-0.15, -0.1) is 0 Å². The normalized spacial score (nSPS) is 14.5. The molecule has 0 heterocycles. The van der Waals surface area contributed by atoms with Crippen LogP contribution in [-0.4, -0.2) is 12.0 Å². The van der Waals surface area contributed by atoms with Crippen molar-refractivity contribution in [3.8, 4) is 5.75 Å². The summed E-state index contributed by atoms with van der Waals surface area (Å²) < 4.78 is 5.03. The van der Waals surface area contributed by atoms with Crippen LogP contribution in [0.3, 0.4) is 0 Å². The van der Waals surface area contributed by atoms with Gasteiger partial charge in [0.2, 0.25) is 0 Å². The topological polar surface area (TPSA) is 52.4 Å². The van der Waals surface area contributed by atoms with E-state index in [0.29, 0.717) is 5.75 Å². The smallest absolute Gasteiger partial charge is 0.314 e. The molecule has 4 nitrogen and oxygen atoms in total. The molecule has 15 heavy (non-hydrogen) atoms. The zero-order chi connectivity index (χ0) is 10.8. The minimum atomic E-state index is -0.330. The quantitative estimate of drug-likeness (QED) is 0.553. The summed E-state index contributed by atoms with van der Waals surface area (Å²) in [4.78, 5) is 10.6. The molecule has 0 spiro atoms. The second-order valence-electron chi connectivity index (χ2n) is 3.72. The molecule has 0 bridgehead atoms. The van der Waals surface area contributed by atoms with Gasteiger partial charge in [-0.25, -0.2) is 0 Å². The highest BCUT2D eigenvalue weighted by Gasteiger charge is 2.25. The Kier molecular flexibility index (Phi) is 2.58. The molecule has 0 fully saturated rings. The number of hydrogen-bond donors (Lipinski definition) is 0. The van der Waals surface area contributed by atoms with Crippen molar-refractivity contribution in [1.82, 2.24) is 0 Å². The third kappa shape index (κ3) is 1.67. The van der Waals surface area contributed by atoms with E-state index in [9.17, 15) is 10.1 Å². The molecule has 80 valence electrons. The summed E-state index contributed by atoms with van der Waals surface area (Å²) in [7, 11) is 1.47. The number of methoxy groups -OCH3 is 1. The van der Waals surface area contributed by atoms with Crippen molar-refractivity contribution in [2.75, 3.05) is 7.11 Å². The van der Waals surface area contributed by atoms with Gasteiger partial charge in [0, 0.05) is 5.56 Å². The standard InChI is InChI=1S/C11H13NO3/c1-15-10-7-6-8-4-2-3-5-9(8)11(10)12(13)14/h6-7H,2-5H2,1H3. The molecule has 1 aromatic rings. The molecule has 1 aromatic carbocycles. The summed E-state index contributed by atoms with van der Waals surface area (Å²) in [5.74, 6) is 0.376. The third-order valence-electron chi connectivity index (χ3n) is 2.87. The summed E-state index contributed by atoms with van der Waals surface area (Å²) in [6.45, 7) is 0. The number of hydrogen-bond acceptors (Lipinski definition) is 3. The average Bonchev–Trinajstić information content (AvgIpc) is 2.27. The van der Waals surface area contributed by atoms with E-state index in [1.54, 1.807) is 6.07 Å². The van der Waals surface area contributed by atoms with Gasteiger partial charge >= 0.3 is 5.69 Å².